The van der Waals surface area contributed by atoms with E-state index >= 15 is 0 Å². The number of ketones is 1. The van der Waals surface area contributed by atoms with E-state index in [1.807, 2.05) is 6.92 Å². The molecule has 0 radical (unpaired) electrons. The third kappa shape index (κ3) is 1.49. The number of Topliss-reactive ketones (excluding diaryl/α,β-unsaturated/α-hetero) is 1. The highest BCUT2D eigenvalue weighted by Crippen LogP contribution is 2.28. The first-order chi connectivity index (χ1) is 7.02. The van der Waals surface area contributed by atoms with Crippen LogP contribution in [-0.2, 0) is 0 Å². The van der Waals surface area contributed by atoms with Crippen molar-refractivity contribution in [3.05, 3.63) is 33.7 Å². The second-order valence-electron chi connectivity index (χ2n) is 3.47. The summed E-state index contributed by atoms with van der Waals surface area (Å²) in [6.45, 7) is 3.27. The molecule has 1 N–H and O–H groups in total. The van der Waals surface area contributed by atoms with Crippen molar-refractivity contribution in [1.82, 2.24) is 4.98 Å². The number of aryl methyl sites for hydroxylation is 1. The minimum Gasteiger partial charge on any atom is -0.349 e. The molecule has 0 unspecified atom stereocenters. The molecule has 1 heterocycles. The van der Waals surface area contributed by atoms with Gasteiger partial charge in [0.05, 0.1) is 15.7 Å². The summed E-state index contributed by atoms with van der Waals surface area (Å²) in [6, 6.07) is 3.43. The van der Waals surface area contributed by atoms with Crippen LogP contribution in [0.25, 0.3) is 10.9 Å². The Kier molecular flexibility index (Phi) is 2.38. The highest BCUT2D eigenvalue weighted by molar-refractivity contribution is 9.10. The molecule has 0 bridgehead atoms. The number of hydrogen-bond donors (Lipinski definition) is 1. The molecule has 0 saturated carbocycles. The first-order valence-electron chi connectivity index (χ1n) is 4.49. The highest BCUT2D eigenvalue weighted by Gasteiger charge is 2.15. The van der Waals surface area contributed by atoms with E-state index in [0.29, 0.717) is 15.7 Å². The van der Waals surface area contributed by atoms with Gasteiger partial charge in [0.2, 0.25) is 0 Å². The minimum absolute atomic E-state index is 0.0841. The van der Waals surface area contributed by atoms with E-state index in [9.17, 15) is 9.18 Å². The van der Waals surface area contributed by atoms with Gasteiger partial charge in [0, 0.05) is 12.3 Å². The van der Waals surface area contributed by atoms with E-state index in [-0.39, 0.29) is 11.6 Å². The second-order valence-corrected chi connectivity index (χ2v) is 4.32. The Morgan fingerprint density at radius 1 is 1.47 bits per heavy atom. The maximum atomic E-state index is 13.7. The lowest BCUT2D eigenvalue weighted by molar-refractivity contribution is 0.101. The number of hydrogen-bond acceptors (Lipinski definition) is 1. The predicted octanol–water partition coefficient (Wildman–Crippen LogP) is 3.58. The molecule has 0 spiro atoms. The van der Waals surface area contributed by atoms with Gasteiger partial charge in [0.1, 0.15) is 0 Å². The van der Waals surface area contributed by atoms with Crippen molar-refractivity contribution in [3.63, 3.8) is 0 Å². The van der Waals surface area contributed by atoms with Crippen LogP contribution in [0.3, 0.4) is 0 Å². The summed E-state index contributed by atoms with van der Waals surface area (Å²) in [5, 5.41) is 0.751. The fourth-order valence-corrected chi connectivity index (χ4v) is 2.02. The van der Waals surface area contributed by atoms with Gasteiger partial charge in [-0.15, -0.1) is 0 Å². The zero-order valence-corrected chi connectivity index (χ0v) is 9.90. The van der Waals surface area contributed by atoms with Gasteiger partial charge < -0.3 is 4.98 Å². The van der Waals surface area contributed by atoms with E-state index in [2.05, 4.69) is 20.9 Å². The van der Waals surface area contributed by atoms with E-state index in [4.69, 9.17) is 0 Å². The van der Waals surface area contributed by atoms with Crippen molar-refractivity contribution >= 4 is 32.6 Å². The first-order valence-corrected chi connectivity index (χ1v) is 5.29. The summed E-state index contributed by atoms with van der Waals surface area (Å²) in [7, 11) is 0. The summed E-state index contributed by atoms with van der Waals surface area (Å²) in [6.07, 6.45) is 0. The minimum atomic E-state index is -0.358. The second kappa shape index (κ2) is 3.45. The summed E-state index contributed by atoms with van der Waals surface area (Å²) in [5.74, 6) is -0.442. The third-order valence-corrected chi connectivity index (χ3v) is 3.09. The van der Waals surface area contributed by atoms with Crippen molar-refractivity contribution in [2.24, 2.45) is 0 Å². The normalized spacial score (nSPS) is 10.9. The molecule has 78 valence electrons. The molecule has 0 saturated heterocycles. The van der Waals surface area contributed by atoms with Gasteiger partial charge in [0.15, 0.2) is 11.6 Å². The molecule has 15 heavy (non-hydrogen) atoms. The molecule has 1 aromatic heterocycles. The van der Waals surface area contributed by atoms with E-state index in [1.54, 1.807) is 12.1 Å². The quantitative estimate of drug-likeness (QED) is 0.789. The standard InChI is InChI=1S/C11H9BrFNO/c1-5-7-3-4-8(12)9(13)11(7)14-10(5)6(2)15/h3-4,14H,1-2H3. The molecule has 0 atom stereocenters. The fourth-order valence-electron chi connectivity index (χ4n) is 1.69. The third-order valence-electron chi connectivity index (χ3n) is 2.48. The fraction of sp³-hybridized carbons (Fsp3) is 0.182. The average molecular weight is 270 g/mol. The molecule has 0 aliphatic heterocycles. The van der Waals surface area contributed by atoms with Gasteiger partial charge >= 0.3 is 0 Å². The van der Waals surface area contributed by atoms with Crippen LogP contribution < -0.4 is 0 Å². The topological polar surface area (TPSA) is 32.9 Å². The SMILES string of the molecule is CC(=O)c1[nH]c2c(F)c(Br)ccc2c1C. The zero-order valence-electron chi connectivity index (χ0n) is 8.32. The van der Waals surface area contributed by atoms with E-state index < -0.39 is 0 Å². The Morgan fingerprint density at radius 3 is 2.73 bits per heavy atom. The van der Waals surface area contributed by atoms with Crippen LogP contribution in [0.5, 0.6) is 0 Å². The molecule has 0 amide bonds. The number of halogens is 2. The maximum Gasteiger partial charge on any atom is 0.176 e. The number of carbonyl (C=O) groups excluding carboxylic acids is 1. The number of carbonyl (C=O) groups is 1. The Balaban J connectivity index is 2.88. The molecule has 4 heteroatoms. The molecule has 2 rings (SSSR count). The Labute approximate surface area is 94.6 Å². The predicted molar refractivity (Wildman–Crippen MR) is 60.7 cm³/mol. The largest absolute Gasteiger partial charge is 0.349 e. The van der Waals surface area contributed by atoms with Crippen LogP contribution in [0.15, 0.2) is 16.6 Å². The zero-order chi connectivity index (χ0) is 11.2. The molecule has 2 aromatic rings. The van der Waals surface area contributed by atoms with Crippen molar-refractivity contribution in [1.29, 1.82) is 0 Å². The Bertz CT molecular complexity index is 559. The average Bonchev–Trinajstić information content (AvgIpc) is 2.51. The lowest BCUT2D eigenvalue weighted by Gasteiger charge is -1.95. The van der Waals surface area contributed by atoms with Gasteiger partial charge in [-0.2, -0.15) is 0 Å². The Hall–Kier alpha value is -1.16. The number of H-pyrrole nitrogens is 1. The van der Waals surface area contributed by atoms with Crippen LogP contribution in [0, 0.1) is 12.7 Å². The van der Waals surface area contributed by atoms with Crippen LogP contribution in [0.1, 0.15) is 23.0 Å². The van der Waals surface area contributed by atoms with Gasteiger partial charge in [-0.05, 0) is 34.5 Å². The lowest BCUT2D eigenvalue weighted by atomic mass is 10.1. The molecular formula is C11H9BrFNO. The van der Waals surface area contributed by atoms with Crippen LogP contribution in [-0.4, -0.2) is 10.8 Å². The Morgan fingerprint density at radius 2 is 2.13 bits per heavy atom. The monoisotopic (exact) mass is 269 g/mol. The molecule has 1 aromatic carbocycles. The number of aromatic amines is 1. The van der Waals surface area contributed by atoms with E-state index in [0.717, 1.165) is 10.9 Å². The van der Waals surface area contributed by atoms with Crippen LogP contribution in [0.2, 0.25) is 0 Å². The molecule has 0 fully saturated rings. The number of benzene rings is 1. The summed E-state index contributed by atoms with van der Waals surface area (Å²) in [4.78, 5) is 14.1. The summed E-state index contributed by atoms with van der Waals surface area (Å²) in [5.41, 5.74) is 1.65. The molecule has 0 aliphatic carbocycles. The van der Waals surface area contributed by atoms with Crippen molar-refractivity contribution in [2.45, 2.75) is 13.8 Å². The molecular weight excluding hydrogens is 261 g/mol. The van der Waals surface area contributed by atoms with Crippen LogP contribution in [0.4, 0.5) is 4.39 Å². The van der Waals surface area contributed by atoms with E-state index in [1.165, 1.54) is 6.92 Å². The van der Waals surface area contributed by atoms with Crippen molar-refractivity contribution in [2.75, 3.05) is 0 Å². The van der Waals surface area contributed by atoms with Gasteiger partial charge in [-0.25, -0.2) is 4.39 Å². The smallest absolute Gasteiger partial charge is 0.176 e. The van der Waals surface area contributed by atoms with Crippen molar-refractivity contribution < 1.29 is 9.18 Å². The van der Waals surface area contributed by atoms with Crippen LogP contribution >= 0.6 is 15.9 Å². The number of rotatable bonds is 1. The van der Waals surface area contributed by atoms with Gasteiger partial charge in [0.25, 0.3) is 0 Å². The maximum absolute atomic E-state index is 13.7. The highest BCUT2D eigenvalue weighted by atomic mass is 79.9. The van der Waals surface area contributed by atoms with Gasteiger partial charge in [-0.3, -0.25) is 4.79 Å². The summed E-state index contributed by atoms with van der Waals surface area (Å²) >= 11 is 3.11. The number of aromatic nitrogens is 1. The number of fused-ring (bicyclic) bond motifs is 1. The first kappa shape index (κ1) is 10.4. The number of nitrogens with one attached hydrogen (secondary N) is 1. The lowest BCUT2D eigenvalue weighted by Crippen LogP contribution is -1.93. The van der Waals surface area contributed by atoms with Crippen molar-refractivity contribution in [3.8, 4) is 0 Å². The molecule has 2 nitrogen and oxygen atoms in total. The summed E-state index contributed by atoms with van der Waals surface area (Å²) < 4.78 is 14.1. The van der Waals surface area contributed by atoms with Gasteiger partial charge in [-0.1, -0.05) is 6.07 Å². The molecule has 0 aliphatic rings.